The number of hydrogen-bond donors (Lipinski definition) is 0. The van der Waals surface area contributed by atoms with Crippen molar-refractivity contribution in [1.82, 2.24) is 10.0 Å². The summed E-state index contributed by atoms with van der Waals surface area (Å²) in [4.78, 5) is 14.9. The summed E-state index contributed by atoms with van der Waals surface area (Å²) in [7, 11) is 0. The molecule has 0 radical (unpaired) electrons. The molecule has 4 nitrogen and oxygen atoms in total. The van der Waals surface area contributed by atoms with Gasteiger partial charge in [-0.3, -0.25) is 9.91 Å². The SMILES string of the molecule is Cc1cccc(C)c1N1C(=O)N2CCCN2[C@H]1c1ccc(F)cc1. The highest BCUT2D eigenvalue weighted by Crippen LogP contribution is 2.42. The molecule has 2 aliphatic rings. The number of hydrazine groups is 1. The van der Waals surface area contributed by atoms with Gasteiger partial charge in [-0.1, -0.05) is 30.3 Å². The third-order valence-electron chi connectivity index (χ3n) is 4.87. The highest BCUT2D eigenvalue weighted by atomic mass is 19.1. The van der Waals surface area contributed by atoms with Crippen LogP contribution in [0.4, 0.5) is 14.9 Å². The minimum absolute atomic E-state index is 0.000718. The molecule has 2 aliphatic heterocycles. The molecule has 2 saturated heterocycles. The molecule has 2 heterocycles. The van der Waals surface area contributed by atoms with Crippen LogP contribution in [0.25, 0.3) is 0 Å². The molecule has 0 saturated carbocycles. The van der Waals surface area contributed by atoms with Gasteiger partial charge in [-0.25, -0.2) is 9.18 Å². The van der Waals surface area contributed by atoms with Crippen molar-refractivity contribution < 1.29 is 9.18 Å². The fraction of sp³-hybridized carbons (Fsp3) is 0.316. The standard InChI is InChI=1S/C19H20FN3O/c1-13-5-3-6-14(2)17(13)23-18(15-7-9-16(20)10-8-15)21-11-4-12-22(21)19(23)24/h3,5-10,18H,4,11-12H2,1-2H3/t18-/m1/s1. The first-order valence-electron chi connectivity index (χ1n) is 8.27. The molecular formula is C19H20FN3O. The maximum Gasteiger partial charge on any atom is 0.340 e. The van der Waals surface area contributed by atoms with Crippen LogP contribution in [0.2, 0.25) is 0 Å². The molecule has 0 bridgehead atoms. The Hall–Kier alpha value is -2.40. The van der Waals surface area contributed by atoms with Crippen LogP contribution >= 0.6 is 0 Å². The molecule has 24 heavy (non-hydrogen) atoms. The third-order valence-corrected chi connectivity index (χ3v) is 4.87. The minimum Gasteiger partial charge on any atom is -0.271 e. The summed E-state index contributed by atoms with van der Waals surface area (Å²) < 4.78 is 13.4. The molecule has 1 atom stereocenters. The van der Waals surface area contributed by atoms with Crippen LogP contribution in [-0.2, 0) is 0 Å². The van der Waals surface area contributed by atoms with Gasteiger partial charge in [-0.05, 0) is 49.1 Å². The fourth-order valence-corrected chi connectivity index (χ4v) is 3.81. The van der Waals surface area contributed by atoms with Gasteiger partial charge in [0.15, 0.2) is 0 Å². The average Bonchev–Trinajstić information content (AvgIpc) is 3.12. The summed E-state index contributed by atoms with van der Waals surface area (Å²) in [6.07, 6.45) is 0.740. The molecule has 0 aliphatic carbocycles. The van der Waals surface area contributed by atoms with Gasteiger partial charge in [0.2, 0.25) is 0 Å². The van der Waals surface area contributed by atoms with E-state index >= 15 is 0 Å². The van der Waals surface area contributed by atoms with Gasteiger partial charge in [-0.2, -0.15) is 5.01 Å². The third kappa shape index (κ3) is 2.19. The Balaban J connectivity index is 1.86. The predicted octanol–water partition coefficient (Wildman–Crippen LogP) is 4.00. The zero-order valence-electron chi connectivity index (χ0n) is 13.9. The number of anilines is 1. The van der Waals surface area contributed by atoms with Crippen molar-refractivity contribution in [2.24, 2.45) is 0 Å². The van der Waals surface area contributed by atoms with Crippen LogP contribution < -0.4 is 4.90 Å². The molecule has 0 spiro atoms. The van der Waals surface area contributed by atoms with Gasteiger partial charge < -0.3 is 0 Å². The highest BCUT2D eigenvalue weighted by Gasteiger charge is 2.48. The zero-order chi connectivity index (χ0) is 16.8. The highest BCUT2D eigenvalue weighted by molar-refractivity contribution is 5.96. The van der Waals surface area contributed by atoms with E-state index in [1.165, 1.54) is 12.1 Å². The van der Waals surface area contributed by atoms with Gasteiger partial charge in [0.25, 0.3) is 0 Å². The van der Waals surface area contributed by atoms with E-state index in [-0.39, 0.29) is 18.0 Å². The van der Waals surface area contributed by atoms with Crippen molar-refractivity contribution >= 4 is 11.7 Å². The lowest BCUT2D eigenvalue weighted by atomic mass is 10.1. The molecular weight excluding hydrogens is 305 g/mol. The van der Waals surface area contributed by atoms with Crippen LogP contribution in [0.1, 0.15) is 29.3 Å². The lowest BCUT2D eigenvalue weighted by Crippen LogP contribution is -2.33. The molecule has 5 heteroatoms. The number of carbonyl (C=O) groups excluding carboxylic acids is 1. The van der Waals surface area contributed by atoms with Gasteiger partial charge in [0.05, 0.1) is 5.69 Å². The summed E-state index contributed by atoms with van der Waals surface area (Å²) in [5.74, 6) is -0.264. The topological polar surface area (TPSA) is 26.8 Å². The van der Waals surface area contributed by atoms with E-state index in [0.29, 0.717) is 0 Å². The molecule has 2 aromatic rings. The first kappa shape index (κ1) is 15.1. The molecule has 0 unspecified atom stereocenters. The van der Waals surface area contributed by atoms with Crippen molar-refractivity contribution in [1.29, 1.82) is 0 Å². The van der Waals surface area contributed by atoms with Gasteiger partial charge in [0, 0.05) is 13.1 Å². The van der Waals surface area contributed by atoms with E-state index in [1.807, 2.05) is 42.0 Å². The second-order valence-electron chi connectivity index (χ2n) is 6.46. The van der Waals surface area contributed by atoms with Crippen LogP contribution in [0.3, 0.4) is 0 Å². The predicted molar refractivity (Wildman–Crippen MR) is 91.0 cm³/mol. The molecule has 2 fully saturated rings. The molecule has 2 amide bonds. The number of benzene rings is 2. The summed E-state index contributed by atoms with van der Waals surface area (Å²) in [6.45, 7) is 5.61. The Bertz CT molecular complexity index is 769. The Labute approximate surface area is 141 Å². The van der Waals surface area contributed by atoms with Crippen LogP contribution in [0.15, 0.2) is 42.5 Å². The minimum atomic E-state index is -0.264. The Morgan fingerprint density at radius 3 is 2.33 bits per heavy atom. The van der Waals surface area contributed by atoms with Gasteiger partial charge >= 0.3 is 6.03 Å². The van der Waals surface area contributed by atoms with Crippen molar-refractivity contribution in [2.45, 2.75) is 26.4 Å². The van der Waals surface area contributed by atoms with Gasteiger partial charge in [-0.15, -0.1) is 0 Å². The Kier molecular flexibility index (Phi) is 3.53. The van der Waals surface area contributed by atoms with Crippen LogP contribution in [0, 0.1) is 19.7 Å². The number of aryl methyl sites for hydroxylation is 2. The lowest BCUT2D eigenvalue weighted by Gasteiger charge is -2.29. The Morgan fingerprint density at radius 2 is 1.67 bits per heavy atom. The lowest BCUT2D eigenvalue weighted by molar-refractivity contribution is 0.0727. The second kappa shape index (κ2) is 5.60. The van der Waals surface area contributed by atoms with Gasteiger partial charge in [0.1, 0.15) is 12.0 Å². The number of amides is 2. The van der Waals surface area contributed by atoms with Crippen molar-refractivity contribution in [3.05, 3.63) is 65.0 Å². The van der Waals surface area contributed by atoms with Crippen LogP contribution in [-0.4, -0.2) is 29.1 Å². The Morgan fingerprint density at radius 1 is 1.00 bits per heavy atom. The molecule has 0 aromatic heterocycles. The maximum atomic E-state index is 13.4. The summed E-state index contributed by atoms with van der Waals surface area (Å²) in [6, 6.07) is 12.5. The van der Waals surface area contributed by atoms with Crippen molar-refractivity contribution in [2.75, 3.05) is 18.0 Å². The van der Waals surface area contributed by atoms with Crippen LogP contribution in [0.5, 0.6) is 0 Å². The van der Waals surface area contributed by atoms with E-state index in [9.17, 15) is 9.18 Å². The smallest absolute Gasteiger partial charge is 0.271 e. The van der Waals surface area contributed by atoms with E-state index < -0.39 is 0 Å². The summed E-state index contributed by atoms with van der Waals surface area (Å²) in [5, 5.41) is 3.92. The number of urea groups is 1. The monoisotopic (exact) mass is 325 g/mol. The van der Waals surface area contributed by atoms with Crippen molar-refractivity contribution in [3.63, 3.8) is 0 Å². The van der Waals surface area contributed by atoms with E-state index in [2.05, 4.69) is 5.01 Å². The number of nitrogens with zero attached hydrogens (tertiary/aromatic N) is 3. The number of rotatable bonds is 2. The first-order valence-corrected chi connectivity index (χ1v) is 8.27. The first-order chi connectivity index (χ1) is 11.6. The quantitative estimate of drug-likeness (QED) is 0.834. The molecule has 0 N–H and O–H groups in total. The summed E-state index contributed by atoms with van der Waals surface area (Å²) in [5.41, 5.74) is 4.01. The van der Waals surface area contributed by atoms with E-state index in [1.54, 1.807) is 12.1 Å². The number of carbonyl (C=O) groups is 1. The number of halogens is 1. The molecule has 124 valence electrons. The maximum absolute atomic E-state index is 13.4. The number of fused-ring (bicyclic) bond motifs is 1. The zero-order valence-corrected chi connectivity index (χ0v) is 13.9. The average molecular weight is 325 g/mol. The summed E-state index contributed by atoms with van der Waals surface area (Å²) >= 11 is 0. The largest absolute Gasteiger partial charge is 0.340 e. The molecule has 2 aromatic carbocycles. The number of hydrogen-bond acceptors (Lipinski definition) is 2. The van der Waals surface area contributed by atoms with Crippen molar-refractivity contribution in [3.8, 4) is 0 Å². The van der Waals surface area contributed by atoms with E-state index in [0.717, 1.165) is 41.9 Å². The normalized spacial score (nSPS) is 20.8. The molecule has 4 rings (SSSR count). The number of para-hydroxylation sites is 1. The second-order valence-corrected chi connectivity index (χ2v) is 6.46. The fourth-order valence-electron chi connectivity index (χ4n) is 3.81. The van der Waals surface area contributed by atoms with E-state index in [4.69, 9.17) is 0 Å².